The number of carbonyl (C=O) groups excluding carboxylic acids is 1. The Kier molecular flexibility index (Phi) is 14.6. The fourth-order valence-corrected chi connectivity index (χ4v) is 3.73. The number of rotatable bonds is 21. The molecule has 0 aromatic heterocycles. The molecular formula is C25H50NO4+. The number of hydrogen-bond donors (Lipinski definition) is 1. The first-order chi connectivity index (χ1) is 15.5. The molecule has 0 fully saturated rings. The smallest absolute Gasteiger partial charge is 0.307 e. The van der Waals surface area contributed by atoms with Gasteiger partial charge in [0, 0.05) is 6.42 Å². The highest BCUT2D eigenvalue weighted by atomic mass is 16.5. The SMILES string of the molecule is [2H]C([2H])([2H])[N+](C)(C)CC(CC(=O)O)OC(=O)CCCCCCCCCCCCCCCCC. The van der Waals surface area contributed by atoms with Crippen molar-refractivity contribution >= 4 is 11.9 Å². The van der Waals surface area contributed by atoms with Crippen LogP contribution in [-0.4, -0.2) is 55.2 Å². The van der Waals surface area contributed by atoms with Crippen molar-refractivity contribution in [2.45, 2.75) is 122 Å². The first kappa shape index (κ1) is 23.6. The molecule has 0 aliphatic carbocycles. The monoisotopic (exact) mass is 431 g/mol. The maximum Gasteiger partial charge on any atom is 0.307 e. The zero-order valence-corrected chi connectivity index (χ0v) is 19.9. The Morgan fingerprint density at radius 3 is 1.67 bits per heavy atom. The van der Waals surface area contributed by atoms with E-state index in [4.69, 9.17) is 14.0 Å². The summed E-state index contributed by atoms with van der Waals surface area (Å²) in [5, 5.41) is 9.07. The van der Waals surface area contributed by atoms with Crippen LogP contribution in [-0.2, 0) is 14.3 Å². The van der Waals surface area contributed by atoms with Gasteiger partial charge in [-0.1, -0.05) is 96.8 Å². The third-order valence-corrected chi connectivity index (χ3v) is 5.34. The molecule has 0 aliphatic heterocycles. The van der Waals surface area contributed by atoms with E-state index in [2.05, 4.69) is 6.92 Å². The van der Waals surface area contributed by atoms with Crippen molar-refractivity contribution in [1.82, 2.24) is 0 Å². The maximum absolute atomic E-state index is 12.1. The van der Waals surface area contributed by atoms with Crippen LogP contribution in [0.5, 0.6) is 0 Å². The second-order valence-electron chi connectivity index (χ2n) is 9.28. The van der Waals surface area contributed by atoms with Crippen molar-refractivity contribution in [3.63, 3.8) is 0 Å². The van der Waals surface area contributed by atoms with Gasteiger partial charge in [-0.05, 0) is 6.42 Å². The average Bonchev–Trinajstić information content (AvgIpc) is 2.69. The van der Waals surface area contributed by atoms with Crippen LogP contribution in [0.4, 0.5) is 0 Å². The minimum absolute atomic E-state index is 0.0621. The van der Waals surface area contributed by atoms with Crippen LogP contribution in [0.25, 0.3) is 0 Å². The molecule has 0 bridgehead atoms. The molecule has 0 rings (SSSR count). The van der Waals surface area contributed by atoms with Gasteiger partial charge in [0.05, 0.1) is 31.6 Å². The molecule has 1 atom stereocenters. The molecule has 178 valence electrons. The minimum atomic E-state index is -2.31. The second-order valence-corrected chi connectivity index (χ2v) is 9.28. The zero-order chi connectivity index (χ0) is 25.2. The number of carboxylic acid groups (broad SMARTS) is 1. The van der Waals surface area contributed by atoms with E-state index >= 15 is 0 Å². The molecule has 30 heavy (non-hydrogen) atoms. The number of ether oxygens (including phenoxy) is 1. The number of hydrogen-bond acceptors (Lipinski definition) is 3. The lowest BCUT2D eigenvalue weighted by atomic mass is 10.0. The number of quaternary nitrogens is 1. The molecule has 5 heteroatoms. The van der Waals surface area contributed by atoms with Gasteiger partial charge in [-0.25, -0.2) is 0 Å². The first-order valence-corrected chi connectivity index (χ1v) is 12.2. The molecule has 1 unspecified atom stereocenters. The molecule has 0 heterocycles. The van der Waals surface area contributed by atoms with Gasteiger partial charge in [0.15, 0.2) is 6.10 Å². The number of nitrogens with zero attached hydrogens (tertiary/aromatic N) is 1. The molecule has 0 amide bonds. The predicted molar refractivity (Wildman–Crippen MR) is 125 cm³/mol. The molecule has 0 aromatic rings. The summed E-state index contributed by atoms with van der Waals surface area (Å²) in [7, 11) is 2.98. The van der Waals surface area contributed by atoms with Gasteiger partial charge < -0.3 is 14.3 Å². The molecular weight excluding hydrogens is 378 g/mol. The van der Waals surface area contributed by atoms with E-state index in [9.17, 15) is 9.59 Å². The summed E-state index contributed by atoms with van der Waals surface area (Å²) in [4.78, 5) is 23.2. The summed E-state index contributed by atoms with van der Waals surface area (Å²) in [5.41, 5.74) is 0. The highest BCUT2D eigenvalue weighted by Crippen LogP contribution is 2.14. The largest absolute Gasteiger partial charge is 0.481 e. The van der Waals surface area contributed by atoms with Crippen molar-refractivity contribution in [3.8, 4) is 0 Å². The lowest BCUT2D eigenvalue weighted by Gasteiger charge is -2.28. The van der Waals surface area contributed by atoms with E-state index in [0.29, 0.717) is 6.42 Å². The van der Waals surface area contributed by atoms with E-state index in [1.165, 1.54) is 91.1 Å². The fraction of sp³-hybridized carbons (Fsp3) is 0.920. The summed E-state index contributed by atoms with van der Waals surface area (Å²) in [6, 6.07) is 0. The van der Waals surface area contributed by atoms with Gasteiger partial charge in [0.2, 0.25) is 0 Å². The summed E-state index contributed by atoms with van der Waals surface area (Å²) < 4.78 is 27.7. The van der Waals surface area contributed by atoms with E-state index in [-0.39, 0.29) is 19.4 Å². The third-order valence-electron chi connectivity index (χ3n) is 5.34. The topological polar surface area (TPSA) is 63.6 Å². The molecule has 0 radical (unpaired) electrons. The Morgan fingerprint density at radius 2 is 1.27 bits per heavy atom. The molecule has 0 aromatic carbocycles. The Bertz CT molecular complexity index is 524. The van der Waals surface area contributed by atoms with Crippen molar-refractivity contribution in [2.75, 3.05) is 27.6 Å². The molecule has 0 aliphatic rings. The Morgan fingerprint density at radius 1 is 0.833 bits per heavy atom. The van der Waals surface area contributed by atoms with Gasteiger partial charge in [-0.3, -0.25) is 9.59 Å². The number of likely N-dealkylation sites (N-methyl/N-ethyl adjacent to an activating group) is 1. The fourth-order valence-electron chi connectivity index (χ4n) is 3.73. The number of carboxylic acids is 1. The van der Waals surface area contributed by atoms with Gasteiger partial charge in [-0.2, -0.15) is 0 Å². The van der Waals surface area contributed by atoms with E-state index in [0.717, 1.165) is 12.8 Å². The van der Waals surface area contributed by atoms with Crippen LogP contribution < -0.4 is 0 Å². The lowest BCUT2D eigenvalue weighted by Crippen LogP contribution is -2.43. The second kappa shape index (κ2) is 18.7. The van der Waals surface area contributed by atoms with Crippen LogP contribution >= 0.6 is 0 Å². The summed E-state index contributed by atoms with van der Waals surface area (Å²) in [6.45, 7) is -0.119. The van der Waals surface area contributed by atoms with Crippen molar-refractivity contribution in [1.29, 1.82) is 0 Å². The van der Waals surface area contributed by atoms with Crippen molar-refractivity contribution in [3.05, 3.63) is 0 Å². The summed E-state index contributed by atoms with van der Waals surface area (Å²) in [6.07, 6.45) is 17.6. The maximum atomic E-state index is 12.1. The zero-order valence-electron chi connectivity index (χ0n) is 22.9. The standard InChI is InChI=1S/C25H49NO4/c1-5-6-7-8-9-10-11-12-13-14-15-16-17-18-19-20-25(29)30-23(21-24(27)28)22-26(2,3)4/h23H,5-22H2,1-4H3/p+1/i2D3. The Labute approximate surface area is 190 Å². The van der Waals surface area contributed by atoms with E-state index in [1.807, 2.05) is 0 Å². The van der Waals surface area contributed by atoms with Crippen LogP contribution in [0.2, 0.25) is 0 Å². The quantitative estimate of drug-likeness (QED) is 0.131. The van der Waals surface area contributed by atoms with Gasteiger partial charge in [0.1, 0.15) is 6.54 Å². The van der Waals surface area contributed by atoms with Crippen LogP contribution in [0, 0.1) is 0 Å². The lowest BCUT2D eigenvalue weighted by molar-refractivity contribution is -0.873. The molecule has 0 spiro atoms. The average molecular weight is 432 g/mol. The van der Waals surface area contributed by atoms with Crippen LogP contribution in [0.1, 0.15) is 120 Å². The molecule has 0 saturated heterocycles. The first-order valence-electron chi connectivity index (χ1n) is 13.7. The van der Waals surface area contributed by atoms with E-state index < -0.39 is 29.5 Å². The number of carbonyl (C=O) groups is 2. The number of esters is 1. The third kappa shape index (κ3) is 21.6. The van der Waals surface area contributed by atoms with Gasteiger partial charge in [-0.15, -0.1) is 0 Å². The Balaban J connectivity index is 3.83. The number of unbranched alkanes of at least 4 members (excludes halogenated alkanes) is 14. The van der Waals surface area contributed by atoms with Gasteiger partial charge >= 0.3 is 11.9 Å². The van der Waals surface area contributed by atoms with Crippen LogP contribution in [0.3, 0.4) is 0 Å². The minimum Gasteiger partial charge on any atom is -0.481 e. The summed E-state index contributed by atoms with van der Waals surface area (Å²) >= 11 is 0. The van der Waals surface area contributed by atoms with Crippen molar-refractivity contribution in [2.24, 2.45) is 0 Å². The molecule has 0 saturated carbocycles. The van der Waals surface area contributed by atoms with E-state index in [1.54, 1.807) is 0 Å². The normalized spacial score (nSPS) is 14.6. The number of aliphatic carboxylic acids is 1. The van der Waals surface area contributed by atoms with Crippen LogP contribution in [0.15, 0.2) is 0 Å². The molecule has 1 N–H and O–H groups in total. The Hall–Kier alpha value is -1.10. The molecule has 5 nitrogen and oxygen atoms in total. The highest BCUT2D eigenvalue weighted by Gasteiger charge is 2.24. The summed E-state index contributed by atoms with van der Waals surface area (Å²) in [5.74, 6) is -1.55. The highest BCUT2D eigenvalue weighted by molar-refractivity contribution is 5.71. The predicted octanol–water partition coefficient (Wildman–Crippen LogP) is 6.34. The van der Waals surface area contributed by atoms with Crippen molar-refractivity contribution < 1.29 is 28.0 Å². The van der Waals surface area contributed by atoms with Gasteiger partial charge in [0.25, 0.3) is 0 Å².